The van der Waals surface area contributed by atoms with Gasteiger partial charge in [-0.1, -0.05) is 25.9 Å². The molecule has 1 unspecified atom stereocenters. The van der Waals surface area contributed by atoms with Crippen LogP contribution in [0.2, 0.25) is 0 Å². The van der Waals surface area contributed by atoms with Crippen molar-refractivity contribution in [2.45, 2.75) is 71.9 Å². The zero-order valence-electron chi connectivity index (χ0n) is 17.0. The van der Waals surface area contributed by atoms with E-state index in [1.165, 1.54) is 0 Å². The smallest absolute Gasteiger partial charge is 0.222 e. The van der Waals surface area contributed by atoms with Gasteiger partial charge in [-0.2, -0.15) is 0 Å². The lowest BCUT2D eigenvalue weighted by Crippen LogP contribution is -2.45. The van der Waals surface area contributed by atoms with Crippen LogP contribution in [0.4, 0.5) is 0 Å². The summed E-state index contributed by atoms with van der Waals surface area (Å²) in [5, 5.41) is 10.9. The zero-order valence-corrected chi connectivity index (χ0v) is 19.3. The van der Waals surface area contributed by atoms with Gasteiger partial charge in [0.25, 0.3) is 0 Å². The highest BCUT2D eigenvalue weighted by molar-refractivity contribution is 14.0. The molecule has 154 valence electrons. The molecule has 0 radical (unpaired) electrons. The van der Waals surface area contributed by atoms with E-state index in [2.05, 4.69) is 34.6 Å². The molecule has 2 N–H and O–H groups in total. The number of carbonyl (C=O) groups excluding carboxylic acids is 1. The van der Waals surface area contributed by atoms with Gasteiger partial charge in [0, 0.05) is 44.1 Å². The first kappa shape index (κ1) is 23.7. The maximum absolute atomic E-state index is 11.8. The fourth-order valence-electron chi connectivity index (χ4n) is 3.30. The fraction of sp³-hybridized carbons (Fsp3) is 0.737. The van der Waals surface area contributed by atoms with Crippen LogP contribution >= 0.6 is 24.0 Å². The SMILES string of the molecule is CCNC(=NCc1cc(C(CC)CC)no1)NC1CCN(C(=O)CC)C1.I. The number of rotatable bonds is 8. The Bertz CT molecular complexity index is 601. The van der Waals surface area contributed by atoms with Crippen molar-refractivity contribution in [3.63, 3.8) is 0 Å². The summed E-state index contributed by atoms with van der Waals surface area (Å²) in [5.41, 5.74) is 1.02. The van der Waals surface area contributed by atoms with Crippen molar-refractivity contribution >= 4 is 35.8 Å². The van der Waals surface area contributed by atoms with Crippen LogP contribution < -0.4 is 10.6 Å². The molecule has 2 rings (SSSR count). The first-order valence-electron chi connectivity index (χ1n) is 9.89. The summed E-state index contributed by atoms with van der Waals surface area (Å²) in [4.78, 5) is 18.4. The van der Waals surface area contributed by atoms with Crippen molar-refractivity contribution in [2.75, 3.05) is 19.6 Å². The molecular formula is C19H34IN5O2. The van der Waals surface area contributed by atoms with Crippen molar-refractivity contribution in [1.29, 1.82) is 0 Å². The van der Waals surface area contributed by atoms with Crippen LogP contribution in [0.25, 0.3) is 0 Å². The van der Waals surface area contributed by atoms with E-state index < -0.39 is 0 Å². The summed E-state index contributed by atoms with van der Waals surface area (Å²) in [7, 11) is 0. The van der Waals surface area contributed by atoms with Crippen LogP contribution in [0.5, 0.6) is 0 Å². The van der Waals surface area contributed by atoms with Crippen LogP contribution in [0, 0.1) is 0 Å². The van der Waals surface area contributed by atoms with E-state index in [0.717, 1.165) is 56.3 Å². The molecule has 0 saturated carbocycles. The van der Waals surface area contributed by atoms with Crippen molar-refractivity contribution in [3.05, 3.63) is 17.5 Å². The minimum atomic E-state index is 0. The molecule has 1 aromatic rings. The normalized spacial score (nSPS) is 17.1. The number of guanidine groups is 1. The largest absolute Gasteiger partial charge is 0.359 e. The molecule has 27 heavy (non-hydrogen) atoms. The highest BCUT2D eigenvalue weighted by Crippen LogP contribution is 2.22. The van der Waals surface area contributed by atoms with Gasteiger partial charge in [0.05, 0.1) is 5.69 Å². The Morgan fingerprint density at radius 3 is 2.74 bits per heavy atom. The lowest BCUT2D eigenvalue weighted by Gasteiger charge is -2.18. The van der Waals surface area contributed by atoms with E-state index in [1.807, 2.05) is 24.8 Å². The third kappa shape index (κ3) is 6.97. The fourth-order valence-corrected chi connectivity index (χ4v) is 3.30. The first-order chi connectivity index (χ1) is 12.6. The summed E-state index contributed by atoms with van der Waals surface area (Å²) >= 11 is 0. The lowest BCUT2D eigenvalue weighted by molar-refractivity contribution is -0.129. The monoisotopic (exact) mass is 491 g/mol. The average molecular weight is 491 g/mol. The van der Waals surface area contributed by atoms with Crippen LogP contribution in [-0.4, -0.2) is 47.6 Å². The Hall–Kier alpha value is -1.32. The first-order valence-corrected chi connectivity index (χ1v) is 9.89. The average Bonchev–Trinajstić information content (AvgIpc) is 3.30. The summed E-state index contributed by atoms with van der Waals surface area (Å²) in [6, 6.07) is 2.25. The van der Waals surface area contributed by atoms with Crippen molar-refractivity contribution in [1.82, 2.24) is 20.7 Å². The van der Waals surface area contributed by atoms with E-state index in [9.17, 15) is 4.79 Å². The number of carbonyl (C=O) groups is 1. The number of hydrogen-bond donors (Lipinski definition) is 2. The number of hydrogen-bond acceptors (Lipinski definition) is 4. The Morgan fingerprint density at radius 2 is 2.11 bits per heavy atom. The van der Waals surface area contributed by atoms with Gasteiger partial charge in [0.2, 0.25) is 5.91 Å². The number of aromatic nitrogens is 1. The summed E-state index contributed by atoms with van der Waals surface area (Å²) in [6.45, 7) is 11.1. The molecule has 0 aliphatic carbocycles. The highest BCUT2D eigenvalue weighted by Gasteiger charge is 2.25. The second kappa shape index (κ2) is 12.2. The molecule has 1 amide bonds. The number of nitrogens with zero attached hydrogens (tertiary/aromatic N) is 3. The van der Waals surface area contributed by atoms with Gasteiger partial charge >= 0.3 is 0 Å². The number of aliphatic imine (C=N–C) groups is 1. The third-order valence-electron chi connectivity index (χ3n) is 4.90. The second-order valence-electron chi connectivity index (χ2n) is 6.75. The third-order valence-corrected chi connectivity index (χ3v) is 4.90. The molecule has 1 fully saturated rings. The number of nitrogens with one attached hydrogen (secondary N) is 2. The molecule has 0 spiro atoms. The van der Waals surface area contributed by atoms with Gasteiger partial charge in [0.15, 0.2) is 11.7 Å². The summed E-state index contributed by atoms with van der Waals surface area (Å²) < 4.78 is 5.45. The van der Waals surface area contributed by atoms with E-state index in [1.54, 1.807) is 0 Å². The van der Waals surface area contributed by atoms with E-state index >= 15 is 0 Å². The highest BCUT2D eigenvalue weighted by atomic mass is 127. The molecule has 1 aliphatic rings. The van der Waals surface area contributed by atoms with Crippen LogP contribution in [0.15, 0.2) is 15.6 Å². The van der Waals surface area contributed by atoms with E-state index in [-0.39, 0.29) is 35.9 Å². The summed E-state index contributed by atoms with van der Waals surface area (Å²) in [6.07, 6.45) is 3.62. The van der Waals surface area contributed by atoms with Crippen molar-refractivity contribution in [3.8, 4) is 0 Å². The molecule has 1 saturated heterocycles. The van der Waals surface area contributed by atoms with Crippen LogP contribution in [0.1, 0.15) is 70.8 Å². The van der Waals surface area contributed by atoms with Crippen molar-refractivity contribution < 1.29 is 9.32 Å². The molecule has 1 atom stereocenters. The Kier molecular flexibility index (Phi) is 10.7. The number of halogens is 1. The maximum Gasteiger partial charge on any atom is 0.222 e. The van der Waals surface area contributed by atoms with Gasteiger partial charge < -0.3 is 20.1 Å². The van der Waals surface area contributed by atoms with Gasteiger partial charge in [-0.3, -0.25) is 4.79 Å². The molecular weight excluding hydrogens is 457 g/mol. The Morgan fingerprint density at radius 1 is 1.37 bits per heavy atom. The van der Waals surface area contributed by atoms with E-state index in [4.69, 9.17) is 4.52 Å². The molecule has 1 aromatic heterocycles. The topological polar surface area (TPSA) is 82.8 Å². The summed E-state index contributed by atoms with van der Waals surface area (Å²) in [5.74, 6) is 2.19. The lowest BCUT2D eigenvalue weighted by atomic mass is 9.99. The zero-order chi connectivity index (χ0) is 18.9. The Balaban J connectivity index is 0.00000364. The van der Waals surface area contributed by atoms with Crippen molar-refractivity contribution in [2.24, 2.45) is 4.99 Å². The minimum Gasteiger partial charge on any atom is -0.359 e. The van der Waals surface area contributed by atoms with Gasteiger partial charge in [0.1, 0.15) is 6.54 Å². The number of amides is 1. The minimum absolute atomic E-state index is 0. The van der Waals surface area contributed by atoms with Gasteiger partial charge in [-0.15, -0.1) is 24.0 Å². The quantitative estimate of drug-likeness (QED) is 0.332. The predicted octanol–water partition coefficient (Wildman–Crippen LogP) is 3.26. The Labute approximate surface area is 179 Å². The molecule has 8 heteroatoms. The predicted molar refractivity (Wildman–Crippen MR) is 118 cm³/mol. The molecule has 7 nitrogen and oxygen atoms in total. The molecule has 0 aromatic carbocycles. The van der Waals surface area contributed by atoms with Crippen LogP contribution in [-0.2, 0) is 11.3 Å². The van der Waals surface area contributed by atoms with Crippen LogP contribution in [0.3, 0.4) is 0 Å². The molecule has 2 heterocycles. The molecule has 0 bridgehead atoms. The maximum atomic E-state index is 11.8. The standard InChI is InChI=1S/C19H33N5O2.HI/c1-5-14(6-2)17-11-16(26-23-17)12-21-19(20-8-4)22-15-9-10-24(13-15)18(25)7-3;/h11,14-15H,5-10,12-13H2,1-4H3,(H2,20,21,22);1H. The van der Waals surface area contributed by atoms with E-state index in [0.29, 0.717) is 18.9 Å². The molecule has 1 aliphatic heterocycles. The second-order valence-corrected chi connectivity index (χ2v) is 6.75. The van der Waals surface area contributed by atoms with Gasteiger partial charge in [-0.25, -0.2) is 4.99 Å². The number of likely N-dealkylation sites (tertiary alicyclic amines) is 1. The van der Waals surface area contributed by atoms with Gasteiger partial charge in [-0.05, 0) is 26.2 Å².